The predicted molar refractivity (Wildman–Crippen MR) is 122 cm³/mol. The smallest absolute Gasteiger partial charge is 0.254 e. The van der Waals surface area contributed by atoms with E-state index in [1.807, 2.05) is 29.6 Å². The van der Waals surface area contributed by atoms with Crippen LogP contribution < -0.4 is 5.32 Å². The van der Waals surface area contributed by atoms with Gasteiger partial charge in [0.25, 0.3) is 5.91 Å². The molecule has 2 aromatic rings. The number of rotatable bonds is 3. The van der Waals surface area contributed by atoms with Crippen molar-refractivity contribution in [3.8, 4) is 0 Å². The zero-order chi connectivity index (χ0) is 19.3. The molecular formula is C21H33Cl2N5O. The fourth-order valence-corrected chi connectivity index (χ4v) is 4.08. The fraction of sp³-hybridized carbons (Fsp3) is 0.667. The number of aromatic nitrogens is 3. The van der Waals surface area contributed by atoms with Crippen molar-refractivity contribution in [2.45, 2.75) is 70.9 Å². The van der Waals surface area contributed by atoms with Crippen LogP contribution in [0.2, 0.25) is 0 Å². The Morgan fingerprint density at radius 2 is 1.79 bits per heavy atom. The molecule has 29 heavy (non-hydrogen) atoms. The van der Waals surface area contributed by atoms with Crippen molar-refractivity contribution < 1.29 is 4.79 Å². The first kappa shape index (κ1) is 23.9. The van der Waals surface area contributed by atoms with E-state index < -0.39 is 0 Å². The van der Waals surface area contributed by atoms with Crippen molar-refractivity contribution in [3.63, 3.8) is 0 Å². The third-order valence-electron chi connectivity index (χ3n) is 5.87. The Labute approximate surface area is 185 Å². The Hall–Kier alpha value is -1.37. The van der Waals surface area contributed by atoms with Crippen LogP contribution in [0, 0.1) is 6.92 Å². The molecule has 1 amide bonds. The van der Waals surface area contributed by atoms with Crippen LogP contribution >= 0.6 is 24.8 Å². The van der Waals surface area contributed by atoms with Crippen molar-refractivity contribution in [1.29, 1.82) is 0 Å². The second-order valence-electron chi connectivity index (χ2n) is 9.13. The minimum absolute atomic E-state index is 0. The van der Waals surface area contributed by atoms with Crippen LogP contribution in [-0.4, -0.2) is 51.8 Å². The molecule has 0 bridgehead atoms. The quantitative estimate of drug-likeness (QED) is 0.780. The average Bonchev–Trinajstić information content (AvgIpc) is 3.43. The van der Waals surface area contributed by atoms with Gasteiger partial charge in [0, 0.05) is 24.7 Å². The number of carbonyl (C=O) groups excluding carboxylic acids is 1. The third kappa shape index (κ3) is 4.54. The molecule has 3 heterocycles. The molecule has 0 unspecified atom stereocenters. The maximum atomic E-state index is 13.5. The number of halogens is 2. The molecule has 2 aliphatic rings. The van der Waals surface area contributed by atoms with Gasteiger partial charge < -0.3 is 10.2 Å². The SMILES string of the molecule is Cc1nn(C(C)(C)C)c2nc(C3CC3)cc(C(=O)N(C)C3CCNCC3)c12.Cl.Cl. The van der Waals surface area contributed by atoms with Crippen LogP contribution in [-0.2, 0) is 5.54 Å². The summed E-state index contributed by atoms with van der Waals surface area (Å²) in [5.74, 6) is 0.599. The standard InChI is InChI=1S/C21H31N5O.2ClH/c1-13-18-16(20(27)25(5)15-8-10-22-11-9-15)12-17(14-6-7-14)23-19(18)26(24-13)21(2,3)4;;/h12,14-15,22H,6-11H2,1-5H3;2*1H. The van der Waals surface area contributed by atoms with E-state index in [-0.39, 0.29) is 36.3 Å². The van der Waals surface area contributed by atoms with Gasteiger partial charge in [0.2, 0.25) is 0 Å². The molecule has 162 valence electrons. The van der Waals surface area contributed by atoms with Gasteiger partial charge in [0.05, 0.1) is 22.2 Å². The summed E-state index contributed by atoms with van der Waals surface area (Å²) in [5.41, 5.74) is 3.39. The molecule has 1 N–H and O–H groups in total. The molecule has 2 aromatic heterocycles. The molecule has 1 saturated heterocycles. The lowest BCUT2D eigenvalue weighted by atomic mass is 10.0. The van der Waals surface area contributed by atoms with Crippen molar-refractivity contribution >= 4 is 41.8 Å². The highest BCUT2D eigenvalue weighted by Crippen LogP contribution is 2.41. The number of hydrogen-bond acceptors (Lipinski definition) is 4. The first-order valence-corrected chi connectivity index (χ1v) is 10.2. The van der Waals surface area contributed by atoms with Crippen molar-refractivity contribution in [3.05, 3.63) is 23.0 Å². The van der Waals surface area contributed by atoms with Crippen molar-refractivity contribution in [2.24, 2.45) is 0 Å². The molecule has 4 rings (SSSR count). The lowest BCUT2D eigenvalue weighted by molar-refractivity contribution is 0.0705. The van der Waals surface area contributed by atoms with Gasteiger partial charge in [0.15, 0.2) is 5.65 Å². The van der Waals surface area contributed by atoms with E-state index in [2.05, 4.69) is 26.1 Å². The minimum atomic E-state index is -0.178. The molecule has 1 aliphatic carbocycles. The summed E-state index contributed by atoms with van der Waals surface area (Å²) < 4.78 is 1.99. The fourth-order valence-electron chi connectivity index (χ4n) is 4.08. The number of aryl methyl sites for hydroxylation is 1. The average molecular weight is 442 g/mol. The minimum Gasteiger partial charge on any atom is -0.339 e. The van der Waals surface area contributed by atoms with Crippen molar-refractivity contribution in [1.82, 2.24) is 25.0 Å². The normalized spacial score (nSPS) is 17.6. The van der Waals surface area contributed by atoms with E-state index >= 15 is 0 Å². The van der Waals surface area contributed by atoms with Gasteiger partial charge in [-0.25, -0.2) is 9.67 Å². The summed E-state index contributed by atoms with van der Waals surface area (Å²) in [6.45, 7) is 10.3. The van der Waals surface area contributed by atoms with E-state index in [0.717, 1.165) is 53.9 Å². The largest absolute Gasteiger partial charge is 0.339 e. The summed E-state index contributed by atoms with van der Waals surface area (Å²) in [6.07, 6.45) is 4.34. The number of carbonyl (C=O) groups is 1. The lowest BCUT2D eigenvalue weighted by Crippen LogP contribution is -2.44. The van der Waals surface area contributed by atoms with Gasteiger partial charge in [0.1, 0.15) is 0 Å². The Kier molecular flexibility index (Phi) is 7.24. The number of nitrogens with one attached hydrogen (secondary N) is 1. The summed E-state index contributed by atoms with van der Waals surface area (Å²) >= 11 is 0. The molecule has 0 spiro atoms. The summed E-state index contributed by atoms with van der Waals surface area (Å²) in [6, 6.07) is 2.34. The van der Waals surface area contributed by atoms with Gasteiger partial charge in [-0.2, -0.15) is 5.10 Å². The van der Waals surface area contributed by atoms with E-state index in [1.165, 1.54) is 12.8 Å². The van der Waals surface area contributed by atoms with Crippen LogP contribution in [0.4, 0.5) is 0 Å². The molecule has 1 saturated carbocycles. The highest BCUT2D eigenvalue weighted by atomic mass is 35.5. The van der Waals surface area contributed by atoms with Crippen LogP contribution in [0.3, 0.4) is 0 Å². The number of piperidine rings is 1. The van der Waals surface area contributed by atoms with E-state index in [4.69, 9.17) is 10.1 Å². The zero-order valence-electron chi connectivity index (χ0n) is 18.0. The summed E-state index contributed by atoms with van der Waals surface area (Å²) in [4.78, 5) is 20.4. The number of fused-ring (bicyclic) bond motifs is 1. The Bertz CT molecular complexity index is 879. The Balaban J connectivity index is 0.00000150. The monoisotopic (exact) mass is 441 g/mol. The second kappa shape index (κ2) is 8.78. The molecular weight excluding hydrogens is 409 g/mol. The predicted octanol–water partition coefficient (Wildman–Crippen LogP) is 4.04. The number of nitrogens with zero attached hydrogens (tertiary/aromatic N) is 4. The summed E-state index contributed by atoms with van der Waals surface area (Å²) in [7, 11) is 1.95. The Morgan fingerprint density at radius 3 is 2.34 bits per heavy atom. The van der Waals surface area contributed by atoms with Crippen LogP contribution in [0.1, 0.15) is 74.1 Å². The lowest BCUT2D eigenvalue weighted by Gasteiger charge is -2.32. The molecule has 0 radical (unpaired) electrons. The first-order valence-electron chi connectivity index (χ1n) is 10.2. The van der Waals surface area contributed by atoms with Crippen LogP contribution in [0.5, 0.6) is 0 Å². The molecule has 1 aliphatic heterocycles. The topological polar surface area (TPSA) is 63.1 Å². The second-order valence-corrected chi connectivity index (χ2v) is 9.13. The van der Waals surface area contributed by atoms with Crippen LogP contribution in [0.15, 0.2) is 6.07 Å². The van der Waals surface area contributed by atoms with E-state index in [1.54, 1.807) is 0 Å². The molecule has 0 atom stereocenters. The number of pyridine rings is 1. The highest BCUT2D eigenvalue weighted by Gasteiger charge is 2.32. The molecule has 6 nitrogen and oxygen atoms in total. The zero-order valence-corrected chi connectivity index (χ0v) is 19.6. The van der Waals surface area contributed by atoms with Gasteiger partial charge >= 0.3 is 0 Å². The van der Waals surface area contributed by atoms with E-state index in [9.17, 15) is 4.79 Å². The number of amides is 1. The van der Waals surface area contributed by atoms with E-state index in [0.29, 0.717) is 12.0 Å². The van der Waals surface area contributed by atoms with Gasteiger partial charge in [-0.3, -0.25) is 4.79 Å². The van der Waals surface area contributed by atoms with Crippen molar-refractivity contribution in [2.75, 3.05) is 20.1 Å². The van der Waals surface area contributed by atoms with Gasteiger partial charge in [-0.15, -0.1) is 24.8 Å². The maximum Gasteiger partial charge on any atom is 0.254 e. The molecule has 8 heteroatoms. The van der Waals surface area contributed by atoms with Crippen LogP contribution in [0.25, 0.3) is 11.0 Å². The molecule has 0 aromatic carbocycles. The maximum absolute atomic E-state index is 13.5. The first-order chi connectivity index (χ1) is 12.8. The Morgan fingerprint density at radius 1 is 1.17 bits per heavy atom. The van der Waals surface area contributed by atoms with Gasteiger partial charge in [-0.1, -0.05) is 0 Å². The highest BCUT2D eigenvalue weighted by molar-refractivity contribution is 6.06. The number of hydrogen-bond donors (Lipinski definition) is 1. The third-order valence-corrected chi connectivity index (χ3v) is 5.87. The summed E-state index contributed by atoms with van der Waals surface area (Å²) in [5, 5.41) is 9.06. The van der Waals surface area contributed by atoms with Gasteiger partial charge in [-0.05, 0) is 72.5 Å². The molecule has 2 fully saturated rings.